The Morgan fingerprint density at radius 1 is 0.485 bits per heavy atom. The zero-order valence-corrected chi connectivity index (χ0v) is 40.7. The highest BCUT2D eigenvalue weighted by Gasteiger charge is 2.52. The second-order valence-corrected chi connectivity index (χ2v) is 18.8. The molecule has 0 aromatic carbocycles. The summed E-state index contributed by atoms with van der Waals surface area (Å²) in [6, 6.07) is 0. The zero-order valence-electron chi connectivity index (χ0n) is 40.7. The topological polar surface area (TPSA) is 256 Å². The van der Waals surface area contributed by atoms with Gasteiger partial charge in [0.05, 0.1) is 85.3 Å². The number of hydrogen-bond acceptors (Lipinski definition) is 22. The van der Waals surface area contributed by atoms with E-state index in [9.17, 15) is 29.4 Å². The largest absolute Gasteiger partial charge is 0.466 e. The van der Waals surface area contributed by atoms with Crippen LogP contribution < -0.4 is 0 Å². The first-order chi connectivity index (χ1) is 32.3. The minimum atomic E-state index is -0.917. The molecule has 22 heteroatoms. The van der Waals surface area contributed by atoms with Gasteiger partial charge in [0.15, 0.2) is 29.3 Å². The number of fused-ring (bicyclic) bond motifs is 4. The van der Waals surface area contributed by atoms with Crippen LogP contribution in [0.15, 0.2) is 0 Å². The fraction of sp³-hybridized carbons (Fsp3) is 0.913. The summed E-state index contributed by atoms with van der Waals surface area (Å²) in [5.74, 6) is -4.38. The van der Waals surface area contributed by atoms with Crippen LogP contribution in [0, 0.1) is 0 Å². The van der Waals surface area contributed by atoms with Crippen molar-refractivity contribution in [3.8, 4) is 0 Å². The molecule has 0 aromatic heterocycles. The lowest BCUT2D eigenvalue weighted by molar-refractivity contribution is -0.314. The Kier molecular flexibility index (Phi) is 19.6. The van der Waals surface area contributed by atoms with Crippen LogP contribution in [0.3, 0.4) is 0 Å². The number of Topliss-reactive ketones (excluding diaryl/α,β-unsaturated/α-hetero) is 1. The van der Waals surface area contributed by atoms with Gasteiger partial charge in [-0.05, 0) is 48.5 Å². The molecule has 2 N–H and O–H groups in total. The highest BCUT2D eigenvalue weighted by atomic mass is 16.8. The molecule has 8 aliphatic heterocycles. The van der Waals surface area contributed by atoms with E-state index in [1.807, 2.05) is 6.92 Å². The first kappa shape index (κ1) is 54.8. The molecule has 0 radical (unpaired) electrons. The number of methoxy groups -OCH3 is 1. The van der Waals surface area contributed by atoms with Crippen molar-refractivity contribution >= 4 is 23.7 Å². The Labute approximate surface area is 397 Å². The van der Waals surface area contributed by atoms with Crippen molar-refractivity contribution in [2.75, 3.05) is 73.2 Å². The van der Waals surface area contributed by atoms with Gasteiger partial charge in [0.2, 0.25) is 0 Å². The summed E-state index contributed by atoms with van der Waals surface area (Å²) >= 11 is 0. The summed E-state index contributed by atoms with van der Waals surface area (Å²) < 4.78 is 89.3. The Bertz CT molecular complexity index is 1600. The van der Waals surface area contributed by atoms with E-state index in [4.69, 9.17) is 75.8 Å². The third-order valence-corrected chi connectivity index (χ3v) is 13.1. The van der Waals surface area contributed by atoms with Gasteiger partial charge in [0.1, 0.15) is 72.9 Å². The molecule has 8 aliphatic rings. The van der Waals surface area contributed by atoms with Crippen molar-refractivity contribution in [3.63, 3.8) is 0 Å². The molecule has 8 fully saturated rings. The smallest absolute Gasteiger partial charge is 0.306 e. The Hall–Kier alpha value is -2.52. The maximum Gasteiger partial charge on any atom is 0.306 e. The summed E-state index contributed by atoms with van der Waals surface area (Å²) in [4.78, 5) is 46.6. The number of rotatable bonds is 16. The van der Waals surface area contributed by atoms with Crippen molar-refractivity contribution in [1.29, 1.82) is 0 Å². The molecule has 8 rings (SSSR count). The maximum absolute atomic E-state index is 12.6. The number of esters is 3. The monoisotopic (exact) mass is 978 g/mol. The van der Waals surface area contributed by atoms with Gasteiger partial charge in [-0.15, -0.1) is 0 Å². The van der Waals surface area contributed by atoms with E-state index in [2.05, 4.69) is 0 Å². The lowest BCUT2D eigenvalue weighted by Crippen LogP contribution is -2.52. The van der Waals surface area contributed by atoms with Crippen molar-refractivity contribution < 1.29 is 105 Å². The molecule has 0 spiro atoms. The number of aliphatic hydroxyl groups excluding tert-OH is 2. The molecule has 68 heavy (non-hydrogen) atoms. The molecule has 22 nitrogen and oxygen atoms in total. The van der Waals surface area contributed by atoms with Crippen LogP contribution in [0.5, 0.6) is 0 Å². The van der Waals surface area contributed by atoms with Crippen LogP contribution in [0.1, 0.15) is 99.8 Å². The number of carbonyl (C=O) groups excluding carboxylic acids is 4. The summed E-state index contributed by atoms with van der Waals surface area (Å²) in [5, 5.41) is 19.4. The number of hydrogen-bond donors (Lipinski definition) is 2. The van der Waals surface area contributed by atoms with E-state index in [1.165, 1.54) is 6.92 Å². The molecular formula is C46H74O22. The number of carbonyl (C=O) groups is 4. The van der Waals surface area contributed by atoms with Crippen molar-refractivity contribution in [2.24, 2.45) is 0 Å². The molecule has 0 amide bonds. The van der Waals surface area contributed by atoms with Gasteiger partial charge in [-0.3, -0.25) is 14.4 Å². The van der Waals surface area contributed by atoms with Gasteiger partial charge in [-0.25, -0.2) is 0 Å². The van der Waals surface area contributed by atoms with Crippen LogP contribution in [-0.4, -0.2) is 203 Å². The molecule has 0 unspecified atom stereocenters. The molecule has 0 aromatic rings. The Morgan fingerprint density at radius 3 is 1.22 bits per heavy atom. The highest BCUT2D eigenvalue weighted by molar-refractivity contribution is 5.75. The van der Waals surface area contributed by atoms with Gasteiger partial charge in [-0.2, -0.15) is 0 Å². The van der Waals surface area contributed by atoms with E-state index in [1.54, 1.807) is 41.7 Å². The third-order valence-electron chi connectivity index (χ3n) is 13.1. The second-order valence-electron chi connectivity index (χ2n) is 18.8. The molecule has 0 bridgehead atoms. The highest BCUT2D eigenvalue weighted by Crippen LogP contribution is 2.38. The Balaban J connectivity index is 0.000000181. The first-order valence-corrected chi connectivity index (χ1v) is 23.9. The van der Waals surface area contributed by atoms with Crippen LogP contribution >= 0.6 is 0 Å². The quantitative estimate of drug-likeness (QED) is 0.164. The van der Waals surface area contributed by atoms with Crippen LogP contribution in [0.4, 0.5) is 0 Å². The molecule has 8 heterocycles. The lowest BCUT2D eigenvalue weighted by Gasteiger charge is -2.41. The lowest BCUT2D eigenvalue weighted by atomic mass is 10.0. The predicted octanol–water partition coefficient (Wildman–Crippen LogP) is 1.57. The number of ketones is 1. The summed E-state index contributed by atoms with van der Waals surface area (Å²) in [6.07, 6.45) is -1.66. The van der Waals surface area contributed by atoms with E-state index >= 15 is 0 Å². The van der Waals surface area contributed by atoms with Gasteiger partial charge >= 0.3 is 17.9 Å². The predicted molar refractivity (Wildman–Crippen MR) is 229 cm³/mol. The average Bonchev–Trinajstić information content (AvgIpc) is 4.09. The Morgan fingerprint density at radius 2 is 0.824 bits per heavy atom. The average molecular weight is 979 g/mol. The zero-order chi connectivity index (χ0) is 49.3. The second kappa shape index (κ2) is 24.3. The standard InChI is InChI=1S/C22H34O10.2C12H20O6/c1-13(23)5-7-21(2)28-12-16-20(32-21)17(10-27-16)30-18(24)6-8-22(3)29-11-15-19(31-22)14(25-4)9-26-15;2*1-3-15-10(14)4-5-12(2)17-7-9-11(18-12)8(13)6-16-9/h14-17,19-20H,5-12H2,1-4H3;2*8-9,11,13H,3-7H2,1-2H3/t14-,15+,16-,17+,19+,20+,21-,22+;2*8-,9+,11+,12+/m110/s1. The molecule has 16 atom stereocenters. The fourth-order valence-corrected chi connectivity index (χ4v) is 9.03. The van der Waals surface area contributed by atoms with Crippen molar-refractivity contribution in [2.45, 2.75) is 196 Å². The molecule has 390 valence electrons. The first-order valence-electron chi connectivity index (χ1n) is 23.9. The molecule has 8 saturated heterocycles. The number of ether oxygens (including phenoxy) is 16. The summed E-state index contributed by atoms with van der Waals surface area (Å²) in [7, 11) is 1.63. The van der Waals surface area contributed by atoms with Crippen molar-refractivity contribution in [3.05, 3.63) is 0 Å². The van der Waals surface area contributed by atoms with E-state index < -0.39 is 47.6 Å². The van der Waals surface area contributed by atoms with Crippen LogP contribution in [-0.2, 0) is 95.0 Å². The third kappa shape index (κ3) is 14.8. The fourth-order valence-electron chi connectivity index (χ4n) is 9.03. The molecule has 0 aliphatic carbocycles. The molecule has 0 saturated carbocycles. The van der Waals surface area contributed by atoms with Gasteiger partial charge in [0.25, 0.3) is 0 Å². The SMILES string of the molecule is CCOC(=O)CC[C@@]1(C)OC[C@@H]2OC[C@@H](O)[C@@H]2O1.CCOC(=O)CC[C@]1(C)OC[C@H]2OC[C@H](O)[C@H]2O1.CO[C@@H]1CO[C@H]2CO[C@](C)(CCC(=O)O[C@H]3CO[C@@H]4CO[C@@](C)(CCC(C)=O)O[C@H]34)O[C@H]21. The van der Waals surface area contributed by atoms with Crippen molar-refractivity contribution in [1.82, 2.24) is 0 Å². The summed E-state index contributed by atoms with van der Waals surface area (Å²) in [6.45, 7) is 15.7. The van der Waals surface area contributed by atoms with Gasteiger partial charge in [0, 0.05) is 39.2 Å². The van der Waals surface area contributed by atoms with E-state index in [0.717, 1.165) is 0 Å². The van der Waals surface area contributed by atoms with E-state index in [-0.39, 0.29) is 112 Å². The van der Waals surface area contributed by atoms with Gasteiger partial charge < -0.3 is 90.8 Å². The maximum atomic E-state index is 12.6. The van der Waals surface area contributed by atoms with Gasteiger partial charge in [-0.1, -0.05) is 0 Å². The normalized spacial score (nSPS) is 41.3. The minimum Gasteiger partial charge on any atom is -0.466 e. The van der Waals surface area contributed by atoms with Crippen LogP contribution in [0.25, 0.3) is 0 Å². The minimum absolute atomic E-state index is 0.0687. The molecular weight excluding hydrogens is 904 g/mol. The van der Waals surface area contributed by atoms with E-state index in [0.29, 0.717) is 78.4 Å². The number of aliphatic hydroxyl groups is 2. The summed E-state index contributed by atoms with van der Waals surface area (Å²) in [5.41, 5.74) is 0. The van der Waals surface area contributed by atoms with Crippen LogP contribution in [0.2, 0.25) is 0 Å².